The Balaban J connectivity index is 1.58. The molecule has 1 aliphatic heterocycles. The van der Waals surface area contributed by atoms with Crippen molar-refractivity contribution in [1.82, 2.24) is 4.98 Å². The van der Waals surface area contributed by atoms with Gasteiger partial charge in [0.15, 0.2) is 0 Å². The van der Waals surface area contributed by atoms with E-state index in [2.05, 4.69) is 10.3 Å². The van der Waals surface area contributed by atoms with Gasteiger partial charge in [0, 0.05) is 29.7 Å². The number of benzene rings is 2. The number of aromatic nitrogens is 1. The number of rotatable bonds is 3. The van der Waals surface area contributed by atoms with E-state index in [1.165, 1.54) is 6.20 Å². The zero-order valence-corrected chi connectivity index (χ0v) is 16.8. The van der Waals surface area contributed by atoms with Crippen molar-refractivity contribution in [3.8, 4) is 0 Å². The first-order chi connectivity index (χ1) is 13.9. The van der Waals surface area contributed by atoms with Crippen molar-refractivity contribution in [1.29, 1.82) is 0 Å². The van der Waals surface area contributed by atoms with E-state index in [4.69, 9.17) is 0 Å². The Morgan fingerprint density at radius 3 is 2.48 bits per heavy atom. The summed E-state index contributed by atoms with van der Waals surface area (Å²) >= 11 is 0. The Labute approximate surface area is 170 Å². The molecule has 2 aromatic carbocycles. The van der Waals surface area contributed by atoms with Gasteiger partial charge in [-0.05, 0) is 62.1 Å². The highest BCUT2D eigenvalue weighted by atomic mass is 16.2. The van der Waals surface area contributed by atoms with Crippen LogP contribution < -0.4 is 10.2 Å². The summed E-state index contributed by atoms with van der Waals surface area (Å²) in [5.41, 5.74) is 6.71. The van der Waals surface area contributed by atoms with Crippen LogP contribution in [0.1, 0.15) is 43.1 Å². The molecule has 0 unspecified atom stereocenters. The molecule has 4 rings (SSSR count). The number of aryl methyl sites for hydroxylation is 3. The summed E-state index contributed by atoms with van der Waals surface area (Å²) in [6, 6.07) is 15.2. The van der Waals surface area contributed by atoms with E-state index in [0.717, 1.165) is 40.0 Å². The number of carbonyl (C=O) groups is 2. The Morgan fingerprint density at radius 2 is 1.72 bits per heavy atom. The first kappa shape index (κ1) is 18.9. The molecule has 0 radical (unpaired) electrons. The Bertz CT molecular complexity index is 1100. The van der Waals surface area contributed by atoms with Gasteiger partial charge in [0.05, 0.1) is 0 Å². The number of amides is 2. The van der Waals surface area contributed by atoms with Crippen LogP contribution in [-0.2, 0) is 6.42 Å². The summed E-state index contributed by atoms with van der Waals surface area (Å²) < 4.78 is 0. The van der Waals surface area contributed by atoms with Gasteiger partial charge in [-0.2, -0.15) is 0 Å². The minimum Gasteiger partial charge on any atom is -0.320 e. The van der Waals surface area contributed by atoms with Crippen molar-refractivity contribution >= 4 is 23.2 Å². The smallest absolute Gasteiger partial charge is 0.274 e. The normalized spacial score (nSPS) is 12.6. The summed E-state index contributed by atoms with van der Waals surface area (Å²) in [7, 11) is 0. The standard InChI is InChI=1S/C24H23N3O2/c1-15-12-16(2)22(17(3)13-15)26-23(28)20-14-19(8-10-25-20)24(29)27-11-9-18-6-4-5-7-21(18)27/h4-8,10,12-14H,9,11H2,1-3H3,(H,26,28). The van der Waals surface area contributed by atoms with Crippen LogP contribution in [0.5, 0.6) is 0 Å². The maximum atomic E-state index is 13.1. The van der Waals surface area contributed by atoms with Crippen LogP contribution in [0.25, 0.3) is 0 Å². The average molecular weight is 385 g/mol. The monoisotopic (exact) mass is 385 g/mol. The van der Waals surface area contributed by atoms with Gasteiger partial charge in [-0.25, -0.2) is 0 Å². The molecular formula is C24H23N3O2. The minimum absolute atomic E-state index is 0.117. The van der Waals surface area contributed by atoms with Crippen LogP contribution in [0.15, 0.2) is 54.7 Å². The predicted octanol–water partition coefficient (Wildman–Crippen LogP) is 4.46. The van der Waals surface area contributed by atoms with Gasteiger partial charge in [-0.15, -0.1) is 0 Å². The molecule has 29 heavy (non-hydrogen) atoms. The van der Waals surface area contributed by atoms with Crippen LogP contribution in [0.4, 0.5) is 11.4 Å². The lowest BCUT2D eigenvalue weighted by Gasteiger charge is -2.17. The fourth-order valence-corrected chi connectivity index (χ4v) is 3.95. The van der Waals surface area contributed by atoms with Crippen LogP contribution in [0, 0.1) is 20.8 Å². The second-order valence-electron chi connectivity index (χ2n) is 7.49. The Morgan fingerprint density at radius 1 is 1.00 bits per heavy atom. The lowest BCUT2D eigenvalue weighted by molar-refractivity contribution is 0.0989. The van der Waals surface area contributed by atoms with Crippen molar-refractivity contribution < 1.29 is 9.59 Å². The molecule has 0 saturated carbocycles. The van der Waals surface area contributed by atoms with E-state index >= 15 is 0 Å². The number of carbonyl (C=O) groups excluding carboxylic acids is 2. The molecule has 0 fully saturated rings. The molecule has 5 nitrogen and oxygen atoms in total. The summed E-state index contributed by atoms with van der Waals surface area (Å²) in [6.45, 7) is 6.60. The first-order valence-corrected chi connectivity index (χ1v) is 9.69. The Hall–Kier alpha value is -3.47. The maximum absolute atomic E-state index is 13.1. The third-order valence-electron chi connectivity index (χ3n) is 5.29. The number of nitrogens with one attached hydrogen (secondary N) is 1. The topological polar surface area (TPSA) is 62.3 Å². The van der Waals surface area contributed by atoms with E-state index in [0.29, 0.717) is 12.1 Å². The van der Waals surface area contributed by atoms with Crippen molar-refractivity contribution in [2.45, 2.75) is 27.2 Å². The Kier molecular flexibility index (Phi) is 4.89. The van der Waals surface area contributed by atoms with E-state index < -0.39 is 0 Å². The van der Waals surface area contributed by atoms with Crippen LogP contribution in [0.2, 0.25) is 0 Å². The minimum atomic E-state index is -0.323. The molecule has 2 amide bonds. The lowest BCUT2D eigenvalue weighted by atomic mass is 10.0. The summed E-state index contributed by atoms with van der Waals surface area (Å²) in [5, 5.41) is 2.95. The second kappa shape index (κ2) is 7.51. The number of pyridine rings is 1. The number of hydrogen-bond acceptors (Lipinski definition) is 3. The molecular weight excluding hydrogens is 362 g/mol. The van der Waals surface area contributed by atoms with Gasteiger partial charge in [0.1, 0.15) is 5.69 Å². The third-order valence-corrected chi connectivity index (χ3v) is 5.29. The van der Waals surface area contributed by atoms with E-state index in [-0.39, 0.29) is 17.5 Å². The molecule has 5 heteroatoms. The third kappa shape index (κ3) is 3.63. The number of nitrogens with zero attached hydrogens (tertiary/aromatic N) is 2. The summed E-state index contributed by atoms with van der Waals surface area (Å²) in [4.78, 5) is 31.8. The summed E-state index contributed by atoms with van der Waals surface area (Å²) in [5.74, 6) is -0.439. The van der Waals surface area contributed by atoms with E-state index in [9.17, 15) is 9.59 Å². The fourth-order valence-electron chi connectivity index (χ4n) is 3.95. The molecule has 0 saturated heterocycles. The van der Waals surface area contributed by atoms with Gasteiger partial charge in [-0.1, -0.05) is 35.9 Å². The van der Waals surface area contributed by atoms with Crippen molar-refractivity contribution in [2.24, 2.45) is 0 Å². The first-order valence-electron chi connectivity index (χ1n) is 9.69. The van der Waals surface area contributed by atoms with E-state index in [1.807, 2.05) is 57.2 Å². The quantitative estimate of drug-likeness (QED) is 0.724. The van der Waals surface area contributed by atoms with Gasteiger partial charge < -0.3 is 10.2 Å². The largest absolute Gasteiger partial charge is 0.320 e. The van der Waals surface area contributed by atoms with Crippen molar-refractivity contribution in [3.05, 3.63) is 88.2 Å². The van der Waals surface area contributed by atoms with E-state index in [1.54, 1.807) is 17.0 Å². The molecule has 0 bridgehead atoms. The maximum Gasteiger partial charge on any atom is 0.274 e. The van der Waals surface area contributed by atoms with Crippen LogP contribution in [0.3, 0.4) is 0 Å². The number of fused-ring (bicyclic) bond motifs is 1. The lowest BCUT2D eigenvalue weighted by Crippen LogP contribution is -2.29. The molecule has 1 aromatic heterocycles. The fraction of sp³-hybridized carbons (Fsp3) is 0.208. The van der Waals surface area contributed by atoms with Gasteiger partial charge in [0.25, 0.3) is 11.8 Å². The number of para-hydroxylation sites is 1. The SMILES string of the molecule is Cc1cc(C)c(NC(=O)c2cc(C(=O)N3CCc4ccccc43)ccn2)c(C)c1. The van der Waals surface area contributed by atoms with Gasteiger partial charge in [-0.3, -0.25) is 14.6 Å². The predicted molar refractivity (Wildman–Crippen MR) is 115 cm³/mol. The molecule has 0 aliphatic carbocycles. The molecule has 2 heterocycles. The van der Waals surface area contributed by atoms with Crippen LogP contribution >= 0.6 is 0 Å². The van der Waals surface area contributed by atoms with Crippen molar-refractivity contribution in [3.63, 3.8) is 0 Å². The van der Waals surface area contributed by atoms with Crippen LogP contribution in [-0.4, -0.2) is 23.3 Å². The highest BCUT2D eigenvalue weighted by molar-refractivity contribution is 6.09. The molecule has 0 atom stereocenters. The van der Waals surface area contributed by atoms with Gasteiger partial charge in [0.2, 0.25) is 0 Å². The second-order valence-corrected chi connectivity index (χ2v) is 7.49. The van der Waals surface area contributed by atoms with Crippen molar-refractivity contribution in [2.75, 3.05) is 16.8 Å². The molecule has 1 aliphatic rings. The molecule has 0 spiro atoms. The molecule has 1 N–H and O–H groups in total. The van der Waals surface area contributed by atoms with Gasteiger partial charge >= 0.3 is 0 Å². The highest BCUT2D eigenvalue weighted by Crippen LogP contribution is 2.29. The highest BCUT2D eigenvalue weighted by Gasteiger charge is 2.25. The summed E-state index contributed by atoms with van der Waals surface area (Å²) in [6.07, 6.45) is 2.35. The number of anilines is 2. The zero-order chi connectivity index (χ0) is 20.5. The number of hydrogen-bond donors (Lipinski definition) is 1. The average Bonchev–Trinajstić information content (AvgIpc) is 3.14. The molecule has 146 valence electrons. The zero-order valence-electron chi connectivity index (χ0n) is 16.8. The molecule has 3 aromatic rings.